The third-order valence-electron chi connectivity index (χ3n) is 3.21. The van der Waals surface area contributed by atoms with Crippen LogP contribution in [0.4, 0.5) is 8.78 Å². The largest absolute Gasteiger partial charge is 0.493 e. The lowest BCUT2D eigenvalue weighted by molar-refractivity contribution is -0.129. The van der Waals surface area contributed by atoms with Gasteiger partial charge in [-0.25, -0.2) is 13.8 Å². The third kappa shape index (κ3) is 2.15. The molecule has 0 amide bonds. The van der Waals surface area contributed by atoms with Gasteiger partial charge in [-0.1, -0.05) is 0 Å². The Morgan fingerprint density at radius 3 is 2.71 bits per heavy atom. The number of hydrogen-bond acceptors (Lipinski definition) is 5. The van der Waals surface area contributed by atoms with Crippen molar-refractivity contribution in [2.75, 3.05) is 7.11 Å². The van der Waals surface area contributed by atoms with Crippen molar-refractivity contribution >= 4 is 17.3 Å². The van der Waals surface area contributed by atoms with E-state index in [1.54, 1.807) is 0 Å². The molecule has 3 rings (SSSR count). The molecule has 2 unspecified atom stereocenters. The van der Waals surface area contributed by atoms with Crippen LogP contribution in [0.25, 0.3) is 0 Å². The molecule has 21 heavy (non-hydrogen) atoms. The summed E-state index contributed by atoms with van der Waals surface area (Å²) in [5, 5.41) is 0. The number of hydrogen-bond donors (Lipinski definition) is 0. The maximum atomic E-state index is 13.7. The molecule has 0 bridgehead atoms. The van der Waals surface area contributed by atoms with Gasteiger partial charge in [-0.3, -0.25) is 9.59 Å². The zero-order chi connectivity index (χ0) is 15.1. The monoisotopic (exact) mass is 293 g/mol. The van der Waals surface area contributed by atoms with E-state index in [0.29, 0.717) is 6.07 Å². The Balaban J connectivity index is 1.96. The number of ether oxygens (including phenoxy) is 2. The number of carbonyl (C=O) groups is 2. The van der Waals surface area contributed by atoms with E-state index in [4.69, 9.17) is 9.47 Å². The molecule has 1 aliphatic heterocycles. The minimum atomic E-state index is -1.22. The number of fused-ring (bicyclic) bond motifs is 1. The summed E-state index contributed by atoms with van der Waals surface area (Å²) in [4.78, 5) is 27.8. The smallest absolute Gasteiger partial charge is 0.232 e. The van der Waals surface area contributed by atoms with Crippen LogP contribution in [-0.4, -0.2) is 30.5 Å². The molecule has 1 heterocycles. The van der Waals surface area contributed by atoms with Crippen molar-refractivity contribution in [2.24, 2.45) is 4.99 Å². The first-order valence-electron chi connectivity index (χ1n) is 6.03. The molecule has 0 aromatic heterocycles. The van der Waals surface area contributed by atoms with Crippen molar-refractivity contribution in [1.29, 1.82) is 0 Å². The molecule has 2 aliphatic rings. The summed E-state index contributed by atoms with van der Waals surface area (Å²) < 4.78 is 36.7. The maximum absolute atomic E-state index is 13.7. The molecule has 1 aromatic rings. The quantitative estimate of drug-likeness (QED) is 0.828. The van der Waals surface area contributed by atoms with E-state index in [0.717, 1.165) is 18.2 Å². The molecular formula is C14H9F2NO4. The van der Waals surface area contributed by atoms with E-state index < -0.39 is 35.5 Å². The van der Waals surface area contributed by atoms with Crippen molar-refractivity contribution in [1.82, 2.24) is 0 Å². The summed E-state index contributed by atoms with van der Waals surface area (Å²) in [7, 11) is 1.26. The predicted molar refractivity (Wildman–Crippen MR) is 66.5 cm³/mol. The standard InChI is InChI=1S/C14H9F2NO4/c1-20-10-5-9(18)11-13(12(10)19)21-14(17-11)7-3-2-6(15)4-8(7)16/h2-5,13-14H,1H3. The van der Waals surface area contributed by atoms with Crippen LogP contribution >= 0.6 is 0 Å². The molecular weight excluding hydrogens is 284 g/mol. The van der Waals surface area contributed by atoms with Gasteiger partial charge in [0.1, 0.15) is 17.3 Å². The van der Waals surface area contributed by atoms with Crippen LogP contribution in [-0.2, 0) is 19.1 Å². The number of nitrogens with zero attached hydrogens (tertiary/aromatic N) is 1. The molecule has 1 aromatic carbocycles. The molecule has 0 N–H and O–H groups in total. The van der Waals surface area contributed by atoms with E-state index in [1.165, 1.54) is 7.11 Å². The lowest BCUT2D eigenvalue weighted by Crippen LogP contribution is -2.39. The molecule has 108 valence electrons. The number of aliphatic imine (C=N–C) groups is 1. The van der Waals surface area contributed by atoms with Crippen LogP contribution < -0.4 is 0 Å². The van der Waals surface area contributed by atoms with E-state index in [-0.39, 0.29) is 17.0 Å². The second kappa shape index (κ2) is 4.85. The number of rotatable bonds is 2. The first-order chi connectivity index (χ1) is 10.0. The van der Waals surface area contributed by atoms with Crippen LogP contribution in [0.1, 0.15) is 11.8 Å². The van der Waals surface area contributed by atoms with Crippen molar-refractivity contribution in [3.63, 3.8) is 0 Å². The Kier molecular flexibility index (Phi) is 3.13. The lowest BCUT2D eigenvalue weighted by Gasteiger charge is -2.17. The summed E-state index contributed by atoms with van der Waals surface area (Å²) in [5.41, 5.74) is -0.146. The van der Waals surface area contributed by atoms with Gasteiger partial charge in [-0.2, -0.15) is 0 Å². The average Bonchev–Trinajstić information content (AvgIpc) is 2.88. The number of carbonyl (C=O) groups excluding carboxylic acids is 2. The predicted octanol–water partition coefficient (Wildman–Crippen LogP) is 1.49. The van der Waals surface area contributed by atoms with Crippen LogP contribution in [0.3, 0.4) is 0 Å². The van der Waals surface area contributed by atoms with Gasteiger partial charge in [-0.05, 0) is 12.1 Å². The van der Waals surface area contributed by atoms with Crippen LogP contribution in [0, 0.1) is 11.6 Å². The van der Waals surface area contributed by atoms with Gasteiger partial charge in [-0.15, -0.1) is 0 Å². The van der Waals surface area contributed by atoms with E-state index in [1.807, 2.05) is 0 Å². The molecule has 1 aliphatic carbocycles. The van der Waals surface area contributed by atoms with Crippen LogP contribution in [0.15, 0.2) is 35.0 Å². The van der Waals surface area contributed by atoms with Crippen molar-refractivity contribution in [3.05, 3.63) is 47.2 Å². The Morgan fingerprint density at radius 1 is 1.29 bits per heavy atom. The minimum absolute atomic E-state index is 0.0436. The van der Waals surface area contributed by atoms with Crippen molar-refractivity contribution < 1.29 is 27.8 Å². The fourth-order valence-corrected chi connectivity index (χ4v) is 2.19. The highest BCUT2D eigenvalue weighted by molar-refractivity contribution is 6.52. The number of benzene rings is 1. The van der Waals surface area contributed by atoms with Gasteiger partial charge < -0.3 is 9.47 Å². The Morgan fingerprint density at radius 2 is 2.05 bits per heavy atom. The van der Waals surface area contributed by atoms with Gasteiger partial charge in [0, 0.05) is 17.7 Å². The normalized spacial score (nSPS) is 24.5. The highest BCUT2D eigenvalue weighted by Crippen LogP contribution is 2.32. The number of allylic oxidation sites excluding steroid dienone is 1. The summed E-state index contributed by atoms with van der Waals surface area (Å²) in [6.45, 7) is 0. The summed E-state index contributed by atoms with van der Waals surface area (Å²) in [6, 6.07) is 2.89. The molecule has 0 saturated heterocycles. The molecule has 0 spiro atoms. The second-order valence-electron chi connectivity index (χ2n) is 4.49. The van der Waals surface area contributed by atoms with Gasteiger partial charge in [0.15, 0.2) is 18.1 Å². The van der Waals surface area contributed by atoms with E-state index in [9.17, 15) is 18.4 Å². The maximum Gasteiger partial charge on any atom is 0.232 e. The minimum Gasteiger partial charge on any atom is -0.493 e. The van der Waals surface area contributed by atoms with Gasteiger partial charge in [0.2, 0.25) is 11.6 Å². The SMILES string of the molecule is COC1=CC(=O)C2=NC(c3ccc(F)cc3F)OC2C1=O. The fourth-order valence-electron chi connectivity index (χ4n) is 2.19. The van der Waals surface area contributed by atoms with Crippen LogP contribution in [0.2, 0.25) is 0 Å². The van der Waals surface area contributed by atoms with Gasteiger partial charge >= 0.3 is 0 Å². The summed E-state index contributed by atoms with van der Waals surface area (Å²) in [6.07, 6.45) is -1.36. The Labute approximate surface area is 117 Å². The summed E-state index contributed by atoms with van der Waals surface area (Å²) in [5.74, 6) is -2.82. The lowest BCUT2D eigenvalue weighted by atomic mass is 9.98. The number of ketones is 2. The molecule has 7 heteroatoms. The zero-order valence-corrected chi connectivity index (χ0v) is 10.8. The molecule has 0 fully saturated rings. The molecule has 0 saturated carbocycles. The molecule has 2 atom stereocenters. The Bertz CT molecular complexity index is 711. The number of Topliss-reactive ketones (excluding diaryl/α,β-unsaturated/α-hetero) is 1. The van der Waals surface area contributed by atoms with E-state index >= 15 is 0 Å². The summed E-state index contributed by atoms with van der Waals surface area (Å²) >= 11 is 0. The first kappa shape index (κ1) is 13.6. The Hall–Kier alpha value is -2.41. The second-order valence-corrected chi connectivity index (χ2v) is 4.49. The van der Waals surface area contributed by atoms with Gasteiger partial charge in [0.05, 0.1) is 7.11 Å². The highest BCUT2D eigenvalue weighted by Gasteiger charge is 2.44. The number of halogens is 2. The average molecular weight is 293 g/mol. The van der Waals surface area contributed by atoms with E-state index in [2.05, 4.69) is 4.99 Å². The first-order valence-corrected chi connectivity index (χ1v) is 6.03. The van der Waals surface area contributed by atoms with Gasteiger partial charge in [0.25, 0.3) is 0 Å². The zero-order valence-electron chi connectivity index (χ0n) is 10.8. The highest BCUT2D eigenvalue weighted by atomic mass is 19.1. The molecule has 0 radical (unpaired) electrons. The van der Waals surface area contributed by atoms with Crippen molar-refractivity contribution in [2.45, 2.75) is 12.3 Å². The third-order valence-corrected chi connectivity index (χ3v) is 3.21. The molecule has 5 nitrogen and oxygen atoms in total. The fraction of sp³-hybridized carbons (Fsp3) is 0.214. The van der Waals surface area contributed by atoms with Crippen LogP contribution in [0.5, 0.6) is 0 Å². The topological polar surface area (TPSA) is 65.0 Å². The van der Waals surface area contributed by atoms with Crippen molar-refractivity contribution in [3.8, 4) is 0 Å². The number of methoxy groups -OCH3 is 1.